The van der Waals surface area contributed by atoms with Crippen LogP contribution in [0.1, 0.15) is 21.5 Å². The van der Waals surface area contributed by atoms with E-state index in [0.717, 1.165) is 24.3 Å². The Morgan fingerprint density at radius 3 is 2.05 bits per heavy atom. The Hall–Kier alpha value is -2.36. The number of fused-ring (bicyclic) bond motifs is 1. The highest BCUT2D eigenvalue weighted by atomic mass is 19.1. The van der Waals surface area contributed by atoms with Gasteiger partial charge in [0, 0.05) is 11.1 Å². The number of hydrogen-bond donors (Lipinski definition) is 0. The first-order chi connectivity index (χ1) is 9.08. The average Bonchev–Trinajstić information content (AvgIpc) is 2.63. The minimum absolute atomic E-state index is 0.0134. The fraction of sp³-hybridized carbons (Fsp3) is 0. The molecule has 3 rings (SSSR count). The van der Waals surface area contributed by atoms with E-state index in [1.165, 1.54) is 18.2 Å². The summed E-state index contributed by atoms with van der Waals surface area (Å²) in [5, 5.41) is 0. The summed E-state index contributed by atoms with van der Waals surface area (Å²) >= 11 is 0. The fourth-order valence-corrected chi connectivity index (χ4v) is 2.17. The molecule has 0 bridgehead atoms. The first-order valence-corrected chi connectivity index (χ1v) is 5.58. The number of Topliss-reactive ketones (excluding diaryl/α,β-unsaturated/α-hetero) is 1. The van der Waals surface area contributed by atoms with Crippen LogP contribution in [0.2, 0.25) is 0 Å². The average molecular weight is 260 g/mol. The van der Waals surface area contributed by atoms with E-state index in [1.54, 1.807) is 0 Å². The topological polar surface area (TPSA) is 17.1 Å². The van der Waals surface area contributed by atoms with Crippen LogP contribution in [-0.4, -0.2) is 5.78 Å². The van der Waals surface area contributed by atoms with Crippen molar-refractivity contribution in [1.82, 2.24) is 0 Å². The highest BCUT2D eigenvalue weighted by molar-refractivity contribution is 6.21. The van der Waals surface area contributed by atoms with Gasteiger partial charge >= 0.3 is 0 Å². The van der Waals surface area contributed by atoms with Crippen LogP contribution in [0, 0.1) is 11.6 Å². The highest BCUT2D eigenvalue weighted by Crippen LogP contribution is 2.38. The van der Waals surface area contributed by atoms with Gasteiger partial charge in [0.2, 0.25) is 5.78 Å². The molecule has 19 heavy (non-hydrogen) atoms. The van der Waals surface area contributed by atoms with Gasteiger partial charge in [0.15, 0.2) is 5.83 Å². The number of carbonyl (C=O) groups is 1. The molecule has 0 unspecified atom stereocenters. The van der Waals surface area contributed by atoms with E-state index in [9.17, 15) is 18.0 Å². The Balaban J connectivity index is 2.24. The van der Waals surface area contributed by atoms with Crippen molar-refractivity contribution in [1.29, 1.82) is 0 Å². The predicted octanol–water partition coefficient (Wildman–Crippen LogP) is 3.89. The molecule has 2 aromatic rings. The van der Waals surface area contributed by atoms with Crippen LogP contribution in [0.15, 0.2) is 48.3 Å². The third-order valence-electron chi connectivity index (χ3n) is 3.05. The lowest BCUT2D eigenvalue weighted by Gasteiger charge is -2.05. The van der Waals surface area contributed by atoms with Crippen LogP contribution in [0.25, 0.3) is 5.57 Å². The summed E-state index contributed by atoms with van der Waals surface area (Å²) in [5.41, 5.74) is 0.684. The predicted molar refractivity (Wildman–Crippen MR) is 64.3 cm³/mol. The lowest BCUT2D eigenvalue weighted by atomic mass is 9.99. The molecule has 1 aliphatic rings. The molecule has 1 nitrogen and oxygen atoms in total. The molecule has 0 saturated heterocycles. The van der Waals surface area contributed by atoms with Gasteiger partial charge in [0.1, 0.15) is 11.6 Å². The van der Waals surface area contributed by atoms with E-state index in [1.807, 2.05) is 0 Å². The van der Waals surface area contributed by atoms with E-state index in [0.29, 0.717) is 5.56 Å². The van der Waals surface area contributed by atoms with E-state index >= 15 is 0 Å². The number of halogens is 3. The van der Waals surface area contributed by atoms with Crippen molar-refractivity contribution in [3.63, 3.8) is 0 Å². The van der Waals surface area contributed by atoms with Crippen molar-refractivity contribution >= 4 is 11.4 Å². The minimum atomic E-state index is -0.938. The molecular formula is C15H7F3O. The van der Waals surface area contributed by atoms with Crippen molar-refractivity contribution in [3.8, 4) is 0 Å². The summed E-state index contributed by atoms with van der Waals surface area (Å²) < 4.78 is 40.1. The Morgan fingerprint density at radius 1 is 0.737 bits per heavy atom. The maximum Gasteiger partial charge on any atom is 0.222 e. The van der Waals surface area contributed by atoms with Gasteiger partial charge in [-0.3, -0.25) is 4.79 Å². The summed E-state index contributed by atoms with van der Waals surface area (Å²) in [6.07, 6.45) is 0. The summed E-state index contributed by atoms with van der Waals surface area (Å²) in [4.78, 5) is 11.7. The monoisotopic (exact) mass is 260 g/mol. The molecule has 0 aliphatic heterocycles. The molecule has 0 heterocycles. The normalized spacial score (nSPS) is 13.9. The third kappa shape index (κ3) is 1.76. The van der Waals surface area contributed by atoms with Crippen LogP contribution in [0.5, 0.6) is 0 Å². The zero-order valence-electron chi connectivity index (χ0n) is 9.58. The third-order valence-corrected chi connectivity index (χ3v) is 3.05. The van der Waals surface area contributed by atoms with E-state index in [2.05, 4.69) is 0 Å². The zero-order valence-corrected chi connectivity index (χ0v) is 9.58. The smallest absolute Gasteiger partial charge is 0.222 e. The van der Waals surface area contributed by atoms with Crippen molar-refractivity contribution in [2.45, 2.75) is 0 Å². The van der Waals surface area contributed by atoms with Gasteiger partial charge in [0.25, 0.3) is 0 Å². The first-order valence-electron chi connectivity index (χ1n) is 5.58. The van der Waals surface area contributed by atoms with Gasteiger partial charge in [-0.1, -0.05) is 12.1 Å². The van der Waals surface area contributed by atoms with E-state index < -0.39 is 23.2 Å². The molecule has 0 spiro atoms. The summed E-state index contributed by atoms with van der Waals surface area (Å²) in [7, 11) is 0. The molecule has 0 atom stereocenters. The largest absolute Gasteiger partial charge is 0.286 e. The van der Waals surface area contributed by atoms with Crippen LogP contribution >= 0.6 is 0 Å². The molecule has 0 amide bonds. The number of ketones is 1. The zero-order chi connectivity index (χ0) is 13.6. The number of rotatable bonds is 1. The summed E-state index contributed by atoms with van der Waals surface area (Å²) in [5.74, 6) is -2.73. The second kappa shape index (κ2) is 4.09. The Labute approximate surface area is 107 Å². The van der Waals surface area contributed by atoms with Crippen LogP contribution in [0.4, 0.5) is 13.2 Å². The molecule has 94 valence electrons. The number of hydrogen-bond acceptors (Lipinski definition) is 1. The maximum atomic E-state index is 14.0. The number of benzene rings is 2. The Morgan fingerprint density at radius 2 is 1.37 bits per heavy atom. The van der Waals surface area contributed by atoms with Gasteiger partial charge in [-0.05, 0) is 41.5 Å². The molecule has 0 fully saturated rings. The molecule has 0 N–H and O–H groups in total. The SMILES string of the molecule is O=C1C(F)=C(c2ccc(F)cc2)c2cc(F)ccc21. The van der Waals surface area contributed by atoms with E-state index in [-0.39, 0.29) is 16.7 Å². The lowest BCUT2D eigenvalue weighted by Crippen LogP contribution is -1.94. The number of carbonyl (C=O) groups excluding carboxylic acids is 1. The molecule has 1 aliphatic carbocycles. The van der Waals surface area contributed by atoms with E-state index in [4.69, 9.17) is 0 Å². The molecule has 2 aromatic carbocycles. The van der Waals surface area contributed by atoms with Crippen molar-refractivity contribution in [3.05, 3.63) is 76.6 Å². The number of allylic oxidation sites excluding steroid dienone is 1. The molecular weight excluding hydrogens is 253 g/mol. The van der Waals surface area contributed by atoms with Crippen LogP contribution in [-0.2, 0) is 0 Å². The maximum absolute atomic E-state index is 14.0. The van der Waals surface area contributed by atoms with Crippen molar-refractivity contribution in [2.24, 2.45) is 0 Å². The van der Waals surface area contributed by atoms with Gasteiger partial charge in [0.05, 0.1) is 0 Å². The molecule has 0 saturated carbocycles. The van der Waals surface area contributed by atoms with Gasteiger partial charge < -0.3 is 0 Å². The van der Waals surface area contributed by atoms with Gasteiger partial charge in [-0.25, -0.2) is 13.2 Å². The Bertz CT molecular complexity index is 715. The van der Waals surface area contributed by atoms with Gasteiger partial charge in [-0.2, -0.15) is 0 Å². The van der Waals surface area contributed by atoms with Crippen LogP contribution < -0.4 is 0 Å². The first kappa shape index (κ1) is 11.7. The summed E-state index contributed by atoms with van der Waals surface area (Å²) in [6.45, 7) is 0. The lowest BCUT2D eigenvalue weighted by molar-refractivity contribution is 0.101. The standard InChI is InChI=1S/C15H7F3O/c16-9-3-1-8(2-4-9)13-12-7-10(17)5-6-11(12)15(19)14(13)18/h1-7H. The van der Waals surface area contributed by atoms with Gasteiger partial charge in [-0.15, -0.1) is 0 Å². The molecule has 0 radical (unpaired) electrons. The second-order valence-corrected chi connectivity index (χ2v) is 4.21. The summed E-state index contributed by atoms with van der Waals surface area (Å²) in [6, 6.07) is 8.52. The van der Waals surface area contributed by atoms with Crippen molar-refractivity contribution in [2.75, 3.05) is 0 Å². The quantitative estimate of drug-likeness (QED) is 0.760. The van der Waals surface area contributed by atoms with Crippen LogP contribution in [0.3, 0.4) is 0 Å². The fourth-order valence-electron chi connectivity index (χ4n) is 2.17. The molecule has 4 heteroatoms. The second-order valence-electron chi connectivity index (χ2n) is 4.21. The Kier molecular flexibility index (Phi) is 2.52. The highest BCUT2D eigenvalue weighted by Gasteiger charge is 2.31. The minimum Gasteiger partial charge on any atom is -0.286 e. The van der Waals surface area contributed by atoms with Crippen molar-refractivity contribution < 1.29 is 18.0 Å². The molecule has 0 aromatic heterocycles.